The monoisotopic (exact) mass is 367 g/mol. The van der Waals surface area contributed by atoms with Crippen LogP contribution in [0.5, 0.6) is 0 Å². The molecular weight excluding hydrogens is 354 g/mol. The van der Waals surface area contributed by atoms with Crippen LogP contribution in [-0.2, 0) is 17.1 Å². The number of hydrogen-bond acceptors (Lipinski definition) is 4. The van der Waals surface area contributed by atoms with E-state index in [0.717, 1.165) is 10.4 Å². The van der Waals surface area contributed by atoms with E-state index in [9.17, 15) is 8.42 Å². The maximum absolute atomic E-state index is 12.8. The van der Waals surface area contributed by atoms with Gasteiger partial charge in [-0.25, -0.2) is 8.42 Å². The largest absolute Gasteiger partial charge is 0.279 e. The van der Waals surface area contributed by atoms with Gasteiger partial charge in [0.2, 0.25) is 0 Å². The highest BCUT2D eigenvalue weighted by molar-refractivity contribution is 7.92. The topological polar surface area (TPSA) is 64.0 Å². The Hall–Kier alpha value is -1.83. The number of rotatable bonds is 4. The second-order valence-electron chi connectivity index (χ2n) is 5.06. The van der Waals surface area contributed by atoms with Crippen LogP contribution in [-0.4, -0.2) is 18.2 Å². The van der Waals surface area contributed by atoms with Crippen LogP contribution < -0.4 is 4.72 Å². The zero-order valence-electron chi connectivity index (χ0n) is 12.4. The fourth-order valence-electron chi connectivity index (χ4n) is 2.15. The molecule has 0 unspecified atom stereocenters. The van der Waals surface area contributed by atoms with Crippen molar-refractivity contribution in [1.29, 1.82) is 0 Å². The first-order valence-corrected chi connectivity index (χ1v) is 9.47. The van der Waals surface area contributed by atoms with E-state index in [0.29, 0.717) is 16.4 Å². The highest BCUT2D eigenvalue weighted by Crippen LogP contribution is 2.31. The lowest BCUT2D eigenvalue weighted by molar-refractivity contribution is 0.601. The standard InChI is InChI=1S/C15H14ClN3O2S2/c1-10-5-6-11(16)8-12(10)18-23(20,21)14-9-19(2)17-15(14)13-4-3-7-22-13/h3-9,18H,1-2H3. The van der Waals surface area contributed by atoms with E-state index < -0.39 is 10.0 Å². The van der Waals surface area contributed by atoms with Crippen LogP contribution in [0.1, 0.15) is 5.56 Å². The van der Waals surface area contributed by atoms with Crippen LogP contribution in [0.25, 0.3) is 10.6 Å². The predicted molar refractivity (Wildman–Crippen MR) is 93.5 cm³/mol. The molecule has 0 aliphatic rings. The smallest absolute Gasteiger partial charge is 0.265 e. The molecule has 5 nitrogen and oxygen atoms in total. The first kappa shape index (κ1) is 16.0. The summed E-state index contributed by atoms with van der Waals surface area (Å²) in [6.45, 7) is 1.82. The molecule has 0 amide bonds. The van der Waals surface area contributed by atoms with Crippen molar-refractivity contribution in [2.75, 3.05) is 4.72 Å². The van der Waals surface area contributed by atoms with Crippen molar-refractivity contribution in [3.63, 3.8) is 0 Å². The minimum atomic E-state index is -3.77. The number of aromatic nitrogens is 2. The number of anilines is 1. The highest BCUT2D eigenvalue weighted by Gasteiger charge is 2.24. The van der Waals surface area contributed by atoms with Gasteiger partial charge < -0.3 is 0 Å². The summed E-state index contributed by atoms with van der Waals surface area (Å²) < 4.78 is 29.7. The van der Waals surface area contributed by atoms with Gasteiger partial charge >= 0.3 is 0 Å². The van der Waals surface area contributed by atoms with Crippen LogP contribution in [0.2, 0.25) is 5.02 Å². The quantitative estimate of drug-likeness (QED) is 0.760. The zero-order valence-corrected chi connectivity index (χ0v) is 14.8. The molecule has 2 heterocycles. The van der Waals surface area contributed by atoms with E-state index in [4.69, 9.17) is 11.6 Å². The van der Waals surface area contributed by atoms with Gasteiger partial charge in [0.05, 0.1) is 10.6 Å². The van der Waals surface area contributed by atoms with Gasteiger partial charge in [-0.05, 0) is 36.1 Å². The van der Waals surface area contributed by atoms with Crippen molar-refractivity contribution in [3.05, 3.63) is 52.5 Å². The molecule has 23 heavy (non-hydrogen) atoms. The van der Waals surface area contributed by atoms with Crippen LogP contribution in [0.3, 0.4) is 0 Å². The van der Waals surface area contributed by atoms with E-state index in [1.54, 1.807) is 25.2 Å². The third-order valence-electron chi connectivity index (χ3n) is 3.28. The molecule has 0 radical (unpaired) electrons. The van der Waals surface area contributed by atoms with Gasteiger partial charge in [-0.1, -0.05) is 23.7 Å². The number of thiophene rings is 1. The number of nitrogens with zero attached hydrogens (tertiary/aromatic N) is 2. The number of benzene rings is 1. The SMILES string of the molecule is Cc1ccc(Cl)cc1NS(=O)(=O)c1cn(C)nc1-c1cccs1. The van der Waals surface area contributed by atoms with Gasteiger partial charge in [-0.15, -0.1) is 11.3 Å². The average molecular weight is 368 g/mol. The van der Waals surface area contributed by atoms with Crippen LogP contribution >= 0.6 is 22.9 Å². The summed E-state index contributed by atoms with van der Waals surface area (Å²) in [7, 11) is -2.08. The summed E-state index contributed by atoms with van der Waals surface area (Å²) in [6, 6.07) is 8.78. The predicted octanol–water partition coefficient (Wildman–Crippen LogP) is 3.91. The molecule has 0 spiro atoms. The number of halogens is 1. The second-order valence-corrected chi connectivity index (χ2v) is 8.09. The van der Waals surface area contributed by atoms with Crippen molar-refractivity contribution in [1.82, 2.24) is 9.78 Å². The molecule has 0 saturated heterocycles. The molecule has 0 bridgehead atoms. The maximum Gasteiger partial charge on any atom is 0.265 e. The number of nitrogens with one attached hydrogen (secondary N) is 1. The number of hydrogen-bond donors (Lipinski definition) is 1. The van der Waals surface area contributed by atoms with Crippen molar-refractivity contribution >= 4 is 38.6 Å². The molecule has 120 valence electrons. The average Bonchev–Trinajstić information content (AvgIpc) is 3.11. The normalized spacial score (nSPS) is 11.6. The Morgan fingerprint density at radius 1 is 1.30 bits per heavy atom. The van der Waals surface area contributed by atoms with Gasteiger partial charge in [0.1, 0.15) is 10.6 Å². The zero-order chi connectivity index (χ0) is 16.6. The molecule has 0 fully saturated rings. The lowest BCUT2D eigenvalue weighted by atomic mass is 10.2. The summed E-state index contributed by atoms with van der Waals surface area (Å²) >= 11 is 7.40. The molecule has 0 atom stereocenters. The Morgan fingerprint density at radius 3 is 2.78 bits per heavy atom. The molecule has 2 aromatic heterocycles. The minimum Gasteiger partial charge on any atom is -0.279 e. The minimum absolute atomic E-state index is 0.141. The van der Waals surface area contributed by atoms with Crippen LogP contribution in [0.15, 0.2) is 46.8 Å². The molecule has 0 aliphatic heterocycles. The molecular formula is C15H14ClN3O2S2. The van der Waals surface area contributed by atoms with Gasteiger partial charge in [0.25, 0.3) is 10.0 Å². The lowest BCUT2D eigenvalue weighted by Gasteiger charge is -2.10. The molecule has 8 heteroatoms. The van der Waals surface area contributed by atoms with Crippen molar-refractivity contribution < 1.29 is 8.42 Å². The Balaban J connectivity index is 2.06. The van der Waals surface area contributed by atoms with E-state index in [-0.39, 0.29) is 4.90 Å². The highest BCUT2D eigenvalue weighted by atomic mass is 35.5. The van der Waals surface area contributed by atoms with E-state index in [2.05, 4.69) is 9.82 Å². The summed E-state index contributed by atoms with van der Waals surface area (Å²) in [4.78, 5) is 0.940. The van der Waals surface area contributed by atoms with Crippen molar-refractivity contribution in [2.45, 2.75) is 11.8 Å². The van der Waals surface area contributed by atoms with E-state index >= 15 is 0 Å². The summed E-state index contributed by atoms with van der Waals surface area (Å²) in [5, 5.41) is 6.64. The number of sulfonamides is 1. The van der Waals surface area contributed by atoms with Gasteiger partial charge in [-0.2, -0.15) is 5.10 Å². The summed E-state index contributed by atoms with van der Waals surface area (Å²) in [5.41, 5.74) is 1.69. The first-order valence-electron chi connectivity index (χ1n) is 6.73. The van der Waals surface area contributed by atoms with E-state index in [1.165, 1.54) is 22.2 Å². The lowest BCUT2D eigenvalue weighted by Crippen LogP contribution is -2.14. The van der Waals surface area contributed by atoms with Gasteiger partial charge in [0.15, 0.2) is 0 Å². The Bertz CT molecular complexity index is 947. The van der Waals surface area contributed by atoms with Crippen LogP contribution in [0.4, 0.5) is 5.69 Å². The Kier molecular flexibility index (Phi) is 4.18. The third-order valence-corrected chi connectivity index (χ3v) is 5.76. The van der Waals surface area contributed by atoms with Crippen LogP contribution in [0, 0.1) is 6.92 Å². The Morgan fingerprint density at radius 2 is 2.09 bits per heavy atom. The second kappa shape index (κ2) is 5.99. The molecule has 0 aliphatic carbocycles. The summed E-state index contributed by atoms with van der Waals surface area (Å²) in [5.74, 6) is 0. The van der Waals surface area contributed by atoms with Gasteiger partial charge in [-0.3, -0.25) is 9.40 Å². The molecule has 1 aromatic carbocycles. The fourth-order valence-corrected chi connectivity index (χ4v) is 4.43. The molecule has 1 N–H and O–H groups in total. The molecule has 3 rings (SSSR count). The molecule has 3 aromatic rings. The fraction of sp³-hybridized carbons (Fsp3) is 0.133. The summed E-state index contributed by atoms with van der Waals surface area (Å²) in [6.07, 6.45) is 1.50. The molecule has 0 saturated carbocycles. The third kappa shape index (κ3) is 3.26. The first-order chi connectivity index (χ1) is 10.9. The van der Waals surface area contributed by atoms with Crippen molar-refractivity contribution in [3.8, 4) is 10.6 Å². The van der Waals surface area contributed by atoms with Gasteiger partial charge in [0, 0.05) is 18.3 Å². The Labute approximate surface area is 143 Å². The number of aryl methyl sites for hydroxylation is 2. The van der Waals surface area contributed by atoms with E-state index in [1.807, 2.05) is 24.4 Å². The van der Waals surface area contributed by atoms with Crippen molar-refractivity contribution in [2.24, 2.45) is 7.05 Å². The maximum atomic E-state index is 12.8.